The Bertz CT molecular complexity index is 477. The van der Waals surface area contributed by atoms with Gasteiger partial charge in [-0.15, -0.1) is 0 Å². The van der Waals surface area contributed by atoms with Gasteiger partial charge in [-0.25, -0.2) is 4.79 Å². The Labute approximate surface area is 126 Å². The number of hydrogen-bond acceptors (Lipinski definition) is 3. The first-order valence-electron chi connectivity index (χ1n) is 6.05. The molecule has 1 unspecified atom stereocenters. The van der Waals surface area contributed by atoms with Crippen molar-refractivity contribution >= 4 is 40.2 Å². The molecule has 0 spiro atoms. The van der Waals surface area contributed by atoms with Crippen LogP contribution in [0.25, 0.3) is 0 Å². The Morgan fingerprint density at radius 2 is 2.05 bits per heavy atom. The van der Waals surface area contributed by atoms with Crippen LogP contribution in [0.2, 0.25) is 0 Å². The van der Waals surface area contributed by atoms with Gasteiger partial charge in [0.1, 0.15) is 6.04 Å². The number of rotatable bonds is 4. The molecule has 0 aliphatic heterocycles. The van der Waals surface area contributed by atoms with E-state index in [0.29, 0.717) is 6.54 Å². The van der Waals surface area contributed by atoms with Crippen molar-refractivity contribution in [2.75, 3.05) is 11.9 Å². The summed E-state index contributed by atoms with van der Waals surface area (Å²) in [6.45, 7) is 6.01. The third kappa shape index (κ3) is 5.06. The summed E-state index contributed by atoms with van der Waals surface area (Å²) in [6, 6.07) is 4.90. The van der Waals surface area contributed by atoms with Crippen LogP contribution in [-0.4, -0.2) is 24.5 Å². The van der Waals surface area contributed by atoms with Crippen molar-refractivity contribution in [3.05, 3.63) is 27.3 Å². The summed E-state index contributed by atoms with van der Waals surface area (Å²) < 4.78 is 1.12. The molecule has 0 aliphatic carbocycles. The van der Waals surface area contributed by atoms with Gasteiger partial charge in [0.2, 0.25) is 5.91 Å². The molecule has 0 fully saturated rings. The smallest absolute Gasteiger partial charge is 0.321 e. The van der Waals surface area contributed by atoms with Crippen LogP contribution >= 0.6 is 22.6 Å². The van der Waals surface area contributed by atoms with Crippen molar-refractivity contribution in [1.82, 2.24) is 10.6 Å². The first kappa shape index (κ1) is 15.7. The standard InChI is InChI=1S/C13H18IN3O2/c1-4-15-13(19)17-12(18)9(3)16-10-6-5-8(2)11(14)7-10/h5-7,9,16H,4H2,1-3H3,(H2,15,17,18,19). The van der Waals surface area contributed by atoms with E-state index in [-0.39, 0.29) is 5.91 Å². The summed E-state index contributed by atoms with van der Waals surface area (Å²) in [4.78, 5) is 23.0. The molecule has 3 amide bonds. The van der Waals surface area contributed by atoms with Crippen LogP contribution in [0, 0.1) is 10.5 Å². The Morgan fingerprint density at radius 3 is 2.63 bits per heavy atom. The zero-order chi connectivity index (χ0) is 14.4. The minimum Gasteiger partial charge on any atom is -0.374 e. The van der Waals surface area contributed by atoms with Crippen molar-refractivity contribution in [2.45, 2.75) is 26.8 Å². The quantitative estimate of drug-likeness (QED) is 0.707. The molecule has 0 aliphatic rings. The van der Waals surface area contributed by atoms with E-state index < -0.39 is 12.1 Å². The molecular formula is C13H18IN3O2. The van der Waals surface area contributed by atoms with E-state index in [1.54, 1.807) is 13.8 Å². The summed E-state index contributed by atoms with van der Waals surface area (Å²) in [6.07, 6.45) is 0. The maximum atomic E-state index is 11.7. The second-order valence-corrected chi connectivity index (χ2v) is 5.34. The van der Waals surface area contributed by atoms with Crippen LogP contribution in [0.4, 0.5) is 10.5 Å². The normalized spacial score (nSPS) is 11.6. The van der Waals surface area contributed by atoms with Crippen molar-refractivity contribution in [1.29, 1.82) is 0 Å². The lowest BCUT2D eigenvalue weighted by molar-refractivity contribution is -0.120. The zero-order valence-corrected chi connectivity index (χ0v) is 13.4. The Kier molecular flexibility index (Phi) is 6.07. The number of nitrogens with one attached hydrogen (secondary N) is 3. The number of benzene rings is 1. The molecule has 0 heterocycles. The van der Waals surface area contributed by atoms with Gasteiger partial charge in [-0.05, 0) is 61.1 Å². The van der Waals surface area contributed by atoms with Gasteiger partial charge < -0.3 is 10.6 Å². The van der Waals surface area contributed by atoms with E-state index >= 15 is 0 Å². The molecule has 0 saturated carbocycles. The summed E-state index contributed by atoms with van der Waals surface area (Å²) >= 11 is 2.24. The summed E-state index contributed by atoms with van der Waals surface area (Å²) in [5, 5.41) is 7.85. The molecule has 3 N–H and O–H groups in total. The first-order chi connectivity index (χ1) is 8.93. The highest BCUT2D eigenvalue weighted by Gasteiger charge is 2.15. The van der Waals surface area contributed by atoms with E-state index in [1.807, 2.05) is 25.1 Å². The van der Waals surface area contributed by atoms with E-state index in [2.05, 4.69) is 38.5 Å². The number of hydrogen-bond donors (Lipinski definition) is 3. The fourth-order valence-corrected chi connectivity index (χ4v) is 1.94. The van der Waals surface area contributed by atoms with Gasteiger partial charge in [0.25, 0.3) is 0 Å². The lowest BCUT2D eigenvalue weighted by Gasteiger charge is -2.15. The molecule has 104 valence electrons. The zero-order valence-electron chi connectivity index (χ0n) is 11.2. The predicted molar refractivity (Wildman–Crippen MR) is 84.2 cm³/mol. The van der Waals surface area contributed by atoms with Gasteiger partial charge in [-0.3, -0.25) is 10.1 Å². The SMILES string of the molecule is CCNC(=O)NC(=O)C(C)Nc1ccc(C)c(I)c1. The average Bonchev–Trinajstić information content (AvgIpc) is 2.34. The highest BCUT2D eigenvalue weighted by atomic mass is 127. The van der Waals surface area contributed by atoms with Crippen LogP contribution in [0.5, 0.6) is 0 Å². The fourth-order valence-electron chi connectivity index (χ4n) is 1.42. The molecule has 1 aromatic rings. The van der Waals surface area contributed by atoms with E-state index in [1.165, 1.54) is 5.56 Å². The Morgan fingerprint density at radius 1 is 1.37 bits per heavy atom. The van der Waals surface area contributed by atoms with Crippen LogP contribution in [-0.2, 0) is 4.79 Å². The van der Waals surface area contributed by atoms with Gasteiger partial charge in [-0.2, -0.15) is 0 Å². The van der Waals surface area contributed by atoms with E-state index in [9.17, 15) is 9.59 Å². The minimum atomic E-state index is -0.485. The lowest BCUT2D eigenvalue weighted by atomic mass is 10.2. The van der Waals surface area contributed by atoms with Gasteiger partial charge in [0.05, 0.1) is 0 Å². The monoisotopic (exact) mass is 375 g/mol. The van der Waals surface area contributed by atoms with Gasteiger partial charge in [0, 0.05) is 15.8 Å². The lowest BCUT2D eigenvalue weighted by Crippen LogP contribution is -2.45. The van der Waals surface area contributed by atoms with Gasteiger partial charge in [-0.1, -0.05) is 6.07 Å². The van der Waals surface area contributed by atoms with Crippen LogP contribution in [0.1, 0.15) is 19.4 Å². The molecule has 1 aromatic carbocycles. The van der Waals surface area contributed by atoms with Crippen LogP contribution < -0.4 is 16.0 Å². The van der Waals surface area contributed by atoms with Gasteiger partial charge in [0.15, 0.2) is 0 Å². The van der Waals surface area contributed by atoms with Crippen molar-refractivity contribution in [3.63, 3.8) is 0 Å². The van der Waals surface area contributed by atoms with Crippen LogP contribution in [0.3, 0.4) is 0 Å². The number of halogens is 1. The molecule has 0 radical (unpaired) electrons. The first-order valence-corrected chi connectivity index (χ1v) is 7.13. The third-order valence-electron chi connectivity index (χ3n) is 2.52. The molecule has 0 aromatic heterocycles. The second-order valence-electron chi connectivity index (χ2n) is 4.18. The highest BCUT2D eigenvalue weighted by Crippen LogP contribution is 2.17. The molecule has 0 bridgehead atoms. The number of carbonyl (C=O) groups is 2. The minimum absolute atomic E-state index is 0.360. The molecule has 6 heteroatoms. The second kappa shape index (κ2) is 7.32. The van der Waals surface area contributed by atoms with Crippen LogP contribution in [0.15, 0.2) is 18.2 Å². The van der Waals surface area contributed by atoms with Crippen molar-refractivity contribution in [2.24, 2.45) is 0 Å². The fraction of sp³-hybridized carbons (Fsp3) is 0.385. The number of aryl methyl sites for hydroxylation is 1. The summed E-state index contributed by atoms with van der Waals surface area (Å²) in [7, 11) is 0. The third-order valence-corrected chi connectivity index (χ3v) is 3.68. The number of urea groups is 1. The molecular weight excluding hydrogens is 357 g/mol. The molecule has 19 heavy (non-hydrogen) atoms. The van der Waals surface area contributed by atoms with E-state index in [4.69, 9.17) is 0 Å². The summed E-state index contributed by atoms with van der Waals surface area (Å²) in [5.41, 5.74) is 2.04. The molecule has 0 saturated heterocycles. The highest BCUT2D eigenvalue weighted by molar-refractivity contribution is 14.1. The van der Waals surface area contributed by atoms with Gasteiger partial charge >= 0.3 is 6.03 Å². The number of anilines is 1. The maximum Gasteiger partial charge on any atom is 0.321 e. The number of imide groups is 1. The average molecular weight is 375 g/mol. The Hall–Kier alpha value is -1.31. The number of amides is 3. The Balaban J connectivity index is 2.58. The van der Waals surface area contributed by atoms with E-state index in [0.717, 1.165) is 9.26 Å². The molecule has 1 rings (SSSR count). The topological polar surface area (TPSA) is 70.2 Å². The molecule has 5 nitrogen and oxygen atoms in total. The predicted octanol–water partition coefficient (Wildman–Crippen LogP) is 2.25. The number of carbonyl (C=O) groups excluding carboxylic acids is 2. The van der Waals surface area contributed by atoms with Crippen molar-refractivity contribution < 1.29 is 9.59 Å². The molecule has 1 atom stereocenters. The maximum absolute atomic E-state index is 11.7. The van der Waals surface area contributed by atoms with Crippen molar-refractivity contribution in [3.8, 4) is 0 Å². The summed E-state index contributed by atoms with van der Waals surface area (Å²) in [5.74, 6) is -0.360. The largest absolute Gasteiger partial charge is 0.374 e.